The minimum absolute atomic E-state index is 0.287. The Morgan fingerprint density at radius 1 is 1.36 bits per heavy atom. The Hall–Kier alpha value is 0.960. The molecule has 0 aromatic heterocycles. The van der Waals surface area contributed by atoms with Crippen LogP contribution in [0.1, 0.15) is 46.5 Å². The van der Waals surface area contributed by atoms with E-state index in [0.29, 0.717) is 4.83 Å². The average Bonchev–Trinajstić information content (AvgIpc) is 1.79. The van der Waals surface area contributed by atoms with Crippen molar-refractivity contribution in [1.29, 1.82) is 0 Å². The van der Waals surface area contributed by atoms with Crippen LogP contribution in [0.2, 0.25) is 0 Å². The van der Waals surface area contributed by atoms with Crippen LogP contribution in [-0.4, -0.2) is 9.15 Å². The molecule has 0 aliphatic heterocycles. The molecule has 0 aliphatic rings. The van der Waals surface area contributed by atoms with Crippen LogP contribution >= 0.6 is 31.9 Å². The molecule has 1 atom stereocenters. The second-order valence-electron chi connectivity index (χ2n) is 3.66. The normalized spacial score (nSPS) is 15.0. The third-order valence-corrected chi connectivity index (χ3v) is 2.68. The Bertz CT molecular complexity index is 94.2. The van der Waals surface area contributed by atoms with E-state index in [9.17, 15) is 0 Å². The summed E-state index contributed by atoms with van der Waals surface area (Å²) in [6.45, 7) is 6.67. The molecule has 0 aliphatic carbocycles. The van der Waals surface area contributed by atoms with Crippen LogP contribution in [0.25, 0.3) is 0 Å². The van der Waals surface area contributed by atoms with E-state index < -0.39 is 0 Å². The van der Waals surface area contributed by atoms with E-state index in [-0.39, 0.29) is 4.32 Å². The Morgan fingerprint density at radius 3 is 2.27 bits per heavy atom. The van der Waals surface area contributed by atoms with Gasteiger partial charge in [-0.3, -0.25) is 0 Å². The molecule has 0 radical (unpaired) electrons. The average molecular weight is 286 g/mol. The second-order valence-corrected chi connectivity index (χ2v) is 7.10. The van der Waals surface area contributed by atoms with E-state index >= 15 is 0 Å². The van der Waals surface area contributed by atoms with Crippen LogP contribution in [-0.2, 0) is 0 Å². The largest absolute Gasteiger partial charge is 0.0890 e. The molecule has 0 nitrogen and oxygen atoms in total. The van der Waals surface area contributed by atoms with Gasteiger partial charge in [-0.2, -0.15) is 0 Å². The highest BCUT2D eigenvalue weighted by atomic mass is 79.9. The fraction of sp³-hybridized carbons (Fsp3) is 1.00. The lowest BCUT2D eigenvalue weighted by Gasteiger charge is -2.19. The SMILES string of the molecule is CCCCC(Br)CC(C)(C)Br. The highest BCUT2D eigenvalue weighted by molar-refractivity contribution is 9.10. The summed E-state index contributed by atoms with van der Waals surface area (Å²) in [6.07, 6.45) is 5.13. The van der Waals surface area contributed by atoms with Gasteiger partial charge in [0.25, 0.3) is 0 Å². The van der Waals surface area contributed by atoms with Crippen LogP contribution in [0.5, 0.6) is 0 Å². The number of hydrogen-bond donors (Lipinski definition) is 0. The van der Waals surface area contributed by atoms with Crippen LogP contribution < -0.4 is 0 Å². The van der Waals surface area contributed by atoms with Gasteiger partial charge in [-0.25, -0.2) is 0 Å². The van der Waals surface area contributed by atoms with Gasteiger partial charge in [-0.15, -0.1) is 0 Å². The maximum Gasteiger partial charge on any atom is 0.0212 e. The third kappa shape index (κ3) is 8.87. The van der Waals surface area contributed by atoms with E-state index in [4.69, 9.17) is 0 Å². The van der Waals surface area contributed by atoms with Gasteiger partial charge in [-0.05, 0) is 12.8 Å². The summed E-state index contributed by atoms with van der Waals surface area (Å²) in [5, 5.41) is 0. The Balaban J connectivity index is 3.44. The molecule has 0 aromatic carbocycles. The molecule has 11 heavy (non-hydrogen) atoms. The van der Waals surface area contributed by atoms with Crippen molar-refractivity contribution < 1.29 is 0 Å². The lowest BCUT2D eigenvalue weighted by atomic mass is 10.0. The molecule has 1 unspecified atom stereocenters. The molecule has 68 valence electrons. The molecule has 0 spiro atoms. The lowest BCUT2D eigenvalue weighted by molar-refractivity contribution is 0.585. The van der Waals surface area contributed by atoms with Gasteiger partial charge in [-0.1, -0.05) is 65.5 Å². The van der Waals surface area contributed by atoms with Gasteiger partial charge >= 0.3 is 0 Å². The first-order valence-electron chi connectivity index (χ1n) is 4.28. The minimum atomic E-state index is 0.287. The summed E-state index contributed by atoms with van der Waals surface area (Å²) >= 11 is 7.33. The predicted octanol–water partition coefficient (Wildman–Crippen LogP) is 4.50. The van der Waals surface area contributed by atoms with Gasteiger partial charge in [0.05, 0.1) is 0 Å². The van der Waals surface area contributed by atoms with Gasteiger partial charge in [0.2, 0.25) is 0 Å². The molecule has 0 saturated heterocycles. The zero-order chi connectivity index (χ0) is 8.91. The second kappa shape index (κ2) is 5.58. The summed E-state index contributed by atoms with van der Waals surface area (Å²) < 4.78 is 0.287. The minimum Gasteiger partial charge on any atom is -0.0890 e. The van der Waals surface area contributed by atoms with Gasteiger partial charge in [0.1, 0.15) is 0 Å². The van der Waals surface area contributed by atoms with Crippen LogP contribution in [0.4, 0.5) is 0 Å². The molecule has 0 amide bonds. The van der Waals surface area contributed by atoms with E-state index in [1.807, 2.05) is 0 Å². The molecule has 0 saturated carbocycles. The van der Waals surface area contributed by atoms with Crippen molar-refractivity contribution in [1.82, 2.24) is 0 Å². The van der Waals surface area contributed by atoms with Crippen LogP contribution in [0, 0.1) is 0 Å². The number of rotatable bonds is 5. The Kier molecular flexibility index (Phi) is 6.07. The first kappa shape index (κ1) is 12.0. The molecular formula is C9H18Br2. The Morgan fingerprint density at radius 2 is 1.91 bits per heavy atom. The van der Waals surface area contributed by atoms with Crippen molar-refractivity contribution in [3.8, 4) is 0 Å². The number of unbranched alkanes of at least 4 members (excludes halogenated alkanes) is 1. The number of halogens is 2. The van der Waals surface area contributed by atoms with E-state index in [2.05, 4.69) is 52.6 Å². The smallest absolute Gasteiger partial charge is 0.0212 e. The zero-order valence-electron chi connectivity index (χ0n) is 7.66. The van der Waals surface area contributed by atoms with E-state index in [1.165, 1.54) is 25.7 Å². The Labute approximate surface area is 87.4 Å². The first-order valence-corrected chi connectivity index (χ1v) is 5.99. The van der Waals surface area contributed by atoms with Crippen LogP contribution in [0.15, 0.2) is 0 Å². The summed E-state index contributed by atoms with van der Waals surface area (Å²) in [4.78, 5) is 0.678. The third-order valence-electron chi connectivity index (χ3n) is 1.58. The summed E-state index contributed by atoms with van der Waals surface area (Å²) in [5.74, 6) is 0. The van der Waals surface area contributed by atoms with Gasteiger partial charge in [0.15, 0.2) is 0 Å². The molecule has 0 heterocycles. The standard InChI is InChI=1S/C9H18Br2/c1-4-5-6-8(10)7-9(2,3)11/h8H,4-7H2,1-3H3. The molecule has 0 aromatic rings. The monoisotopic (exact) mass is 284 g/mol. The van der Waals surface area contributed by atoms with E-state index in [1.54, 1.807) is 0 Å². The van der Waals surface area contributed by atoms with Crippen molar-refractivity contribution >= 4 is 31.9 Å². The van der Waals surface area contributed by atoms with Gasteiger partial charge in [0, 0.05) is 9.15 Å². The van der Waals surface area contributed by atoms with Crippen LogP contribution in [0.3, 0.4) is 0 Å². The first-order chi connectivity index (χ1) is 4.95. The highest BCUT2D eigenvalue weighted by Gasteiger charge is 2.17. The molecule has 0 rings (SSSR count). The molecule has 2 heteroatoms. The predicted molar refractivity (Wildman–Crippen MR) is 59.9 cm³/mol. The van der Waals surface area contributed by atoms with Crippen molar-refractivity contribution in [3.63, 3.8) is 0 Å². The zero-order valence-corrected chi connectivity index (χ0v) is 10.8. The summed E-state index contributed by atoms with van der Waals surface area (Å²) in [5.41, 5.74) is 0. The van der Waals surface area contributed by atoms with E-state index in [0.717, 1.165) is 0 Å². The molecule has 0 fully saturated rings. The topological polar surface area (TPSA) is 0 Å². The molecule has 0 bridgehead atoms. The van der Waals surface area contributed by atoms with Crippen molar-refractivity contribution in [3.05, 3.63) is 0 Å². The van der Waals surface area contributed by atoms with Crippen molar-refractivity contribution in [2.75, 3.05) is 0 Å². The van der Waals surface area contributed by atoms with Crippen molar-refractivity contribution in [2.24, 2.45) is 0 Å². The summed E-state index contributed by atoms with van der Waals surface area (Å²) in [7, 11) is 0. The maximum absolute atomic E-state index is 3.68. The number of hydrogen-bond acceptors (Lipinski definition) is 0. The fourth-order valence-electron chi connectivity index (χ4n) is 1.05. The lowest BCUT2D eigenvalue weighted by Crippen LogP contribution is -2.15. The van der Waals surface area contributed by atoms with Gasteiger partial charge < -0.3 is 0 Å². The molecule has 0 N–H and O–H groups in total. The maximum atomic E-state index is 3.68. The molecular weight excluding hydrogens is 268 g/mol. The number of alkyl halides is 2. The summed E-state index contributed by atoms with van der Waals surface area (Å²) in [6, 6.07) is 0. The quantitative estimate of drug-likeness (QED) is 0.652. The fourth-order valence-corrected chi connectivity index (χ4v) is 3.01. The highest BCUT2D eigenvalue weighted by Crippen LogP contribution is 2.27. The van der Waals surface area contributed by atoms with Crippen molar-refractivity contribution in [2.45, 2.75) is 55.6 Å².